The van der Waals surface area contributed by atoms with E-state index in [0.29, 0.717) is 12.1 Å². The second-order valence-electron chi connectivity index (χ2n) is 4.85. The molecule has 0 fully saturated rings. The summed E-state index contributed by atoms with van der Waals surface area (Å²) in [4.78, 5) is 25.2. The summed E-state index contributed by atoms with van der Waals surface area (Å²) < 4.78 is 0. The van der Waals surface area contributed by atoms with Crippen molar-refractivity contribution in [1.29, 1.82) is 0 Å². The van der Waals surface area contributed by atoms with Gasteiger partial charge in [0.1, 0.15) is 0 Å². The normalized spacial score (nSPS) is 10.8. The van der Waals surface area contributed by atoms with E-state index in [2.05, 4.69) is 4.90 Å². The molecule has 0 atom stereocenters. The van der Waals surface area contributed by atoms with Crippen molar-refractivity contribution in [2.45, 2.75) is 20.0 Å². The van der Waals surface area contributed by atoms with Gasteiger partial charge < -0.3 is 5.73 Å². The Morgan fingerprint density at radius 3 is 2.68 bits per heavy atom. The standard InChI is InChI=1S/C15H17N3O3S/c1-2-17(10-13-4-3-7-22-13)9-12-6-5-11(15(16)19)8-14(12)18(20)21/h3-8H,2,9-10H2,1H3,(H2,16,19). The van der Waals surface area contributed by atoms with Gasteiger partial charge in [-0.2, -0.15) is 0 Å². The van der Waals surface area contributed by atoms with Gasteiger partial charge in [0.15, 0.2) is 0 Å². The summed E-state index contributed by atoms with van der Waals surface area (Å²) in [5, 5.41) is 13.2. The molecule has 0 spiro atoms. The maximum atomic E-state index is 11.2. The van der Waals surface area contributed by atoms with Crippen molar-refractivity contribution in [3.05, 3.63) is 61.8 Å². The molecule has 6 nitrogen and oxygen atoms in total. The van der Waals surface area contributed by atoms with Crippen molar-refractivity contribution in [2.24, 2.45) is 5.73 Å². The molecule has 116 valence electrons. The maximum Gasteiger partial charge on any atom is 0.274 e. The lowest BCUT2D eigenvalue weighted by Gasteiger charge is -2.19. The van der Waals surface area contributed by atoms with E-state index in [1.54, 1.807) is 17.4 Å². The monoisotopic (exact) mass is 319 g/mol. The minimum absolute atomic E-state index is 0.0686. The zero-order valence-electron chi connectivity index (χ0n) is 12.2. The number of nitro groups is 1. The topological polar surface area (TPSA) is 89.5 Å². The summed E-state index contributed by atoms with van der Waals surface area (Å²) in [7, 11) is 0. The van der Waals surface area contributed by atoms with Crippen LogP contribution in [-0.4, -0.2) is 22.3 Å². The molecular formula is C15H17N3O3S. The first kappa shape index (κ1) is 16.1. The van der Waals surface area contributed by atoms with Gasteiger partial charge in [-0.3, -0.25) is 19.8 Å². The second-order valence-corrected chi connectivity index (χ2v) is 5.88. The number of hydrogen-bond donors (Lipinski definition) is 1. The Morgan fingerprint density at radius 1 is 1.36 bits per heavy atom. The predicted octanol–water partition coefficient (Wildman–Crippen LogP) is 2.78. The van der Waals surface area contributed by atoms with Crippen LogP contribution in [0.3, 0.4) is 0 Å². The van der Waals surface area contributed by atoms with Gasteiger partial charge in [-0.05, 0) is 24.1 Å². The zero-order chi connectivity index (χ0) is 16.1. The van der Waals surface area contributed by atoms with Crippen LogP contribution in [0, 0.1) is 10.1 Å². The van der Waals surface area contributed by atoms with E-state index in [-0.39, 0.29) is 11.3 Å². The molecule has 2 N–H and O–H groups in total. The van der Waals surface area contributed by atoms with Crippen LogP contribution in [0.15, 0.2) is 35.7 Å². The lowest BCUT2D eigenvalue weighted by molar-refractivity contribution is -0.385. The number of carbonyl (C=O) groups excluding carboxylic acids is 1. The summed E-state index contributed by atoms with van der Waals surface area (Å²) in [5.74, 6) is -0.666. The minimum Gasteiger partial charge on any atom is -0.366 e. The summed E-state index contributed by atoms with van der Waals surface area (Å²) >= 11 is 1.66. The Bertz CT molecular complexity index is 671. The van der Waals surface area contributed by atoms with E-state index < -0.39 is 10.8 Å². The van der Waals surface area contributed by atoms with Gasteiger partial charge in [0.05, 0.1) is 4.92 Å². The van der Waals surface area contributed by atoms with E-state index in [0.717, 1.165) is 13.1 Å². The molecule has 0 saturated heterocycles. The molecule has 2 aromatic rings. The van der Waals surface area contributed by atoms with Gasteiger partial charge in [-0.25, -0.2) is 0 Å². The van der Waals surface area contributed by atoms with Crippen LogP contribution in [0.25, 0.3) is 0 Å². The number of nitro benzene ring substituents is 1. The Morgan fingerprint density at radius 2 is 2.14 bits per heavy atom. The Kier molecular flexibility index (Phi) is 5.24. The average molecular weight is 319 g/mol. The molecule has 1 aromatic heterocycles. The molecule has 0 radical (unpaired) electrons. The molecule has 0 saturated carbocycles. The summed E-state index contributed by atoms with van der Waals surface area (Å²) in [6.07, 6.45) is 0. The summed E-state index contributed by atoms with van der Waals surface area (Å²) in [6.45, 7) is 3.97. The highest BCUT2D eigenvalue weighted by molar-refractivity contribution is 7.09. The lowest BCUT2D eigenvalue weighted by Crippen LogP contribution is -2.22. The van der Waals surface area contributed by atoms with Crippen LogP contribution in [0.2, 0.25) is 0 Å². The first-order valence-corrected chi connectivity index (χ1v) is 7.71. The average Bonchev–Trinajstić information content (AvgIpc) is 2.99. The van der Waals surface area contributed by atoms with E-state index in [1.165, 1.54) is 17.0 Å². The quantitative estimate of drug-likeness (QED) is 0.627. The van der Waals surface area contributed by atoms with Crippen molar-refractivity contribution in [1.82, 2.24) is 4.90 Å². The van der Waals surface area contributed by atoms with Gasteiger partial charge in [-0.15, -0.1) is 11.3 Å². The molecule has 1 heterocycles. The van der Waals surface area contributed by atoms with Crippen LogP contribution in [-0.2, 0) is 13.1 Å². The van der Waals surface area contributed by atoms with Gasteiger partial charge in [-0.1, -0.05) is 19.1 Å². The molecule has 0 aliphatic rings. The molecule has 22 heavy (non-hydrogen) atoms. The van der Waals surface area contributed by atoms with Crippen LogP contribution >= 0.6 is 11.3 Å². The highest BCUT2D eigenvalue weighted by atomic mass is 32.1. The summed E-state index contributed by atoms with van der Waals surface area (Å²) in [5.41, 5.74) is 5.84. The SMILES string of the molecule is CCN(Cc1cccs1)Cc1ccc(C(N)=O)cc1[N+](=O)[O-]. The third kappa shape index (κ3) is 3.90. The second kappa shape index (κ2) is 7.15. The fourth-order valence-electron chi connectivity index (χ4n) is 2.16. The van der Waals surface area contributed by atoms with Gasteiger partial charge in [0, 0.05) is 35.2 Å². The Balaban J connectivity index is 2.23. The number of amides is 1. The first-order valence-electron chi connectivity index (χ1n) is 6.83. The van der Waals surface area contributed by atoms with Gasteiger partial charge in [0.25, 0.3) is 5.69 Å². The van der Waals surface area contributed by atoms with E-state index in [9.17, 15) is 14.9 Å². The van der Waals surface area contributed by atoms with Crippen molar-refractivity contribution in [3.8, 4) is 0 Å². The molecule has 0 unspecified atom stereocenters. The van der Waals surface area contributed by atoms with Crippen LogP contribution in [0.1, 0.15) is 27.7 Å². The number of hydrogen-bond acceptors (Lipinski definition) is 5. The smallest absolute Gasteiger partial charge is 0.274 e. The van der Waals surface area contributed by atoms with Crippen molar-refractivity contribution in [3.63, 3.8) is 0 Å². The van der Waals surface area contributed by atoms with E-state index in [4.69, 9.17) is 5.73 Å². The molecule has 1 amide bonds. The number of thiophene rings is 1. The number of rotatable bonds is 7. The highest BCUT2D eigenvalue weighted by Gasteiger charge is 2.18. The maximum absolute atomic E-state index is 11.2. The fraction of sp³-hybridized carbons (Fsp3) is 0.267. The van der Waals surface area contributed by atoms with Gasteiger partial charge in [0.2, 0.25) is 5.91 Å². The van der Waals surface area contributed by atoms with Crippen molar-refractivity contribution >= 4 is 22.9 Å². The lowest BCUT2D eigenvalue weighted by atomic mass is 10.1. The molecule has 0 aliphatic heterocycles. The van der Waals surface area contributed by atoms with Crippen LogP contribution in [0.5, 0.6) is 0 Å². The van der Waals surface area contributed by atoms with Crippen LogP contribution in [0.4, 0.5) is 5.69 Å². The Labute approximate surface area is 132 Å². The summed E-state index contributed by atoms with van der Waals surface area (Å²) in [6, 6.07) is 8.41. The molecular weight excluding hydrogens is 302 g/mol. The van der Waals surface area contributed by atoms with Crippen molar-refractivity contribution in [2.75, 3.05) is 6.54 Å². The zero-order valence-corrected chi connectivity index (χ0v) is 13.0. The van der Waals surface area contributed by atoms with Crippen molar-refractivity contribution < 1.29 is 9.72 Å². The number of nitrogens with zero attached hydrogens (tertiary/aromatic N) is 2. The predicted molar refractivity (Wildman–Crippen MR) is 85.7 cm³/mol. The van der Waals surface area contributed by atoms with Gasteiger partial charge >= 0.3 is 0 Å². The largest absolute Gasteiger partial charge is 0.366 e. The molecule has 1 aromatic carbocycles. The molecule has 2 rings (SSSR count). The third-order valence-electron chi connectivity index (χ3n) is 3.37. The Hall–Kier alpha value is -2.25. The highest BCUT2D eigenvalue weighted by Crippen LogP contribution is 2.23. The third-order valence-corrected chi connectivity index (χ3v) is 4.23. The molecule has 0 aliphatic carbocycles. The number of carbonyl (C=O) groups is 1. The number of nitrogens with two attached hydrogens (primary N) is 1. The van der Waals surface area contributed by atoms with Crippen LogP contribution < -0.4 is 5.73 Å². The van der Waals surface area contributed by atoms with E-state index >= 15 is 0 Å². The fourth-order valence-corrected chi connectivity index (χ4v) is 2.91. The molecule has 7 heteroatoms. The number of primary amides is 1. The number of benzene rings is 1. The first-order chi connectivity index (χ1) is 10.5. The molecule has 0 bridgehead atoms. The minimum atomic E-state index is -0.666. The van der Waals surface area contributed by atoms with E-state index in [1.807, 2.05) is 24.4 Å².